The minimum absolute atomic E-state index is 0.00472. The number of rotatable bonds is 10. The minimum Gasteiger partial charge on any atom is -0.462 e. The molecule has 1 saturated carbocycles. The monoisotopic (exact) mass is 657 g/mol. The molecule has 3 aromatic rings. The third kappa shape index (κ3) is 6.68. The summed E-state index contributed by atoms with van der Waals surface area (Å²) in [4.78, 5) is 34.6. The number of alkyl halides is 2. The number of anilines is 2. The largest absolute Gasteiger partial charge is 0.462 e. The summed E-state index contributed by atoms with van der Waals surface area (Å²) in [7, 11) is 1.96. The first-order valence-electron chi connectivity index (χ1n) is 16.9. The average Bonchev–Trinajstić information content (AvgIpc) is 3.07. The van der Waals surface area contributed by atoms with E-state index >= 15 is 0 Å². The van der Waals surface area contributed by atoms with Crippen LogP contribution in [0.25, 0.3) is 15.6 Å². The first-order valence-corrected chi connectivity index (χ1v) is 16.9. The van der Waals surface area contributed by atoms with Gasteiger partial charge in [-0.15, -0.1) is 0 Å². The highest BCUT2D eigenvalue weighted by atomic mass is 19.3. The van der Waals surface area contributed by atoms with Gasteiger partial charge in [-0.1, -0.05) is 36.9 Å². The molecule has 254 valence electrons. The standard InChI is InChI=1S/C37H45F2N7O2/c1-7-33(47)46-17-16-45(21-29(46)20-40-5)35-30-14-15-44(32-13-9-12-27-11-8-10-24(2)34(27)32)22-31(30)41-36(42-35)48-23-25(3)43(6)26(4)28-18-37(38,39)19-28/h7-13,25-26,28-29H,1,14-23H2,2-4,6H3/t25-,26-,29-/m0/s1. The zero-order valence-electron chi connectivity index (χ0n) is 28.3. The average molecular weight is 658 g/mol. The molecule has 3 heterocycles. The van der Waals surface area contributed by atoms with Gasteiger partial charge in [0.1, 0.15) is 18.5 Å². The Morgan fingerprint density at radius 3 is 2.62 bits per heavy atom. The third-order valence-electron chi connectivity index (χ3n) is 10.6. The van der Waals surface area contributed by atoms with E-state index in [1.54, 1.807) is 4.90 Å². The predicted molar refractivity (Wildman–Crippen MR) is 185 cm³/mol. The molecule has 0 radical (unpaired) electrons. The summed E-state index contributed by atoms with van der Waals surface area (Å²) < 4.78 is 33.5. The van der Waals surface area contributed by atoms with Crippen LogP contribution in [0.1, 0.15) is 43.5 Å². The lowest BCUT2D eigenvalue weighted by molar-refractivity contribution is -0.130. The van der Waals surface area contributed by atoms with E-state index in [-0.39, 0.29) is 55.3 Å². The maximum atomic E-state index is 13.6. The van der Waals surface area contributed by atoms with Crippen LogP contribution in [0.15, 0.2) is 49.1 Å². The van der Waals surface area contributed by atoms with Crippen LogP contribution in [0.5, 0.6) is 6.01 Å². The predicted octanol–water partition coefficient (Wildman–Crippen LogP) is 5.76. The Morgan fingerprint density at radius 2 is 1.92 bits per heavy atom. The van der Waals surface area contributed by atoms with E-state index in [2.05, 4.69) is 69.4 Å². The molecule has 0 bridgehead atoms. The molecule has 1 aliphatic carbocycles. The van der Waals surface area contributed by atoms with Gasteiger partial charge in [0.2, 0.25) is 18.4 Å². The molecular formula is C37H45F2N7O2. The van der Waals surface area contributed by atoms with Gasteiger partial charge in [0.05, 0.1) is 12.2 Å². The highest BCUT2D eigenvalue weighted by Crippen LogP contribution is 2.45. The van der Waals surface area contributed by atoms with Crippen molar-refractivity contribution in [2.24, 2.45) is 5.92 Å². The molecule has 1 aromatic heterocycles. The fourth-order valence-corrected chi connectivity index (χ4v) is 7.50. The van der Waals surface area contributed by atoms with E-state index in [9.17, 15) is 13.6 Å². The summed E-state index contributed by atoms with van der Waals surface area (Å²) >= 11 is 0. The number of likely N-dealkylation sites (N-methyl/N-ethyl adjacent to an activating group) is 1. The second-order valence-electron chi connectivity index (χ2n) is 13.6. The smallest absolute Gasteiger partial charge is 0.318 e. The van der Waals surface area contributed by atoms with Crippen molar-refractivity contribution in [2.45, 2.75) is 70.6 Å². The number of amides is 1. The topological polar surface area (TPSA) is 69.4 Å². The lowest BCUT2D eigenvalue weighted by Gasteiger charge is -2.43. The van der Waals surface area contributed by atoms with Gasteiger partial charge in [0.25, 0.3) is 0 Å². The van der Waals surface area contributed by atoms with Crippen LogP contribution in [0.3, 0.4) is 0 Å². The van der Waals surface area contributed by atoms with Crippen LogP contribution >= 0.6 is 0 Å². The van der Waals surface area contributed by atoms with E-state index in [1.165, 1.54) is 28.1 Å². The van der Waals surface area contributed by atoms with Gasteiger partial charge in [-0.2, -0.15) is 9.97 Å². The molecule has 6 rings (SSSR count). The number of aryl methyl sites for hydroxylation is 1. The molecule has 2 aromatic carbocycles. The number of fused-ring (bicyclic) bond motifs is 2. The molecule has 9 nitrogen and oxygen atoms in total. The lowest BCUT2D eigenvalue weighted by atomic mass is 9.76. The van der Waals surface area contributed by atoms with Gasteiger partial charge < -0.3 is 24.3 Å². The number of nitrogens with zero attached hydrogens (tertiary/aromatic N) is 7. The number of aromatic nitrogens is 2. The first-order chi connectivity index (χ1) is 23.0. The van der Waals surface area contributed by atoms with Crippen LogP contribution in [-0.4, -0.2) is 96.1 Å². The van der Waals surface area contributed by atoms with Crippen LogP contribution in [0.2, 0.25) is 0 Å². The van der Waals surface area contributed by atoms with Crippen LogP contribution < -0.4 is 14.5 Å². The summed E-state index contributed by atoms with van der Waals surface area (Å²) in [5, 5.41) is 2.43. The summed E-state index contributed by atoms with van der Waals surface area (Å²) in [5.74, 6) is -1.98. The van der Waals surface area contributed by atoms with Crippen LogP contribution in [-0.2, 0) is 17.8 Å². The molecule has 2 aliphatic heterocycles. The molecule has 3 atom stereocenters. The van der Waals surface area contributed by atoms with Crippen LogP contribution in [0.4, 0.5) is 20.3 Å². The quantitative estimate of drug-likeness (QED) is 0.203. The van der Waals surface area contributed by atoms with E-state index in [1.807, 2.05) is 20.9 Å². The highest BCUT2D eigenvalue weighted by molar-refractivity contribution is 5.97. The molecule has 1 amide bonds. The summed E-state index contributed by atoms with van der Waals surface area (Å²) in [6.45, 7) is 20.7. The van der Waals surface area contributed by atoms with Crippen molar-refractivity contribution < 1.29 is 18.3 Å². The van der Waals surface area contributed by atoms with Crippen molar-refractivity contribution in [1.82, 2.24) is 19.8 Å². The Hall–Kier alpha value is -4.30. The van der Waals surface area contributed by atoms with Crippen molar-refractivity contribution in [1.29, 1.82) is 0 Å². The maximum Gasteiger partial charge on any atom is 0.318 e. The Bertz CT molecular complexity index is 1710. The Kier molecular flexibility index (Phi) is 9.57. The Labute approximate surface area is 282 Å². The van der Waals surface area contributed by atoms with Gasteiger partial charge in [0, 0.05) is 67.7 Å². The van der Waals surface area contributed by atoms with Crippen molar-refractivity contribution in [3.63, 3.8) is 0 Å². The SMILES string of the molecule is [C-]#[N+]C[C@H]1CN(c2nc(OC[C@H](C)N(C)[C@@H](C)C3CC(F)(F)C3)nc3c2CCN(c2cccc4cccc(C)c24)C3)CCN1C(=O)C=C. The normalized spacial score (nSPS) is 20.5. The minimum atomic E-state index is -2.55. The number of carbonyl (C=O) groups excluding carboxylic acids is 1. The maximum absolute atomic E-state index is 13.6. The molecule has 0 spiro atoms. The summed E-state index contributed by atoms with van der Waals surface area (Å²) in [5.41, 5.74) is 4.34. The lowest BCUT2D eigenvalue weighted by Crippen LogP contribution is -2.56. The number of carbonyl (C=O) groups is 1. The molecular weight excluding hydrogens is 612 g/mol. The molecule has 0 N–H and O–H groups in total. The van der Waals surface area contributed by atoms with Crippen molar-refractivity contribution in [3.8, 4) is 6.01 Å². The van der Waals surface area contributed by atoms with Gasteiger partial charge >= 0.3 is 6.01 Å². The number of hydrogen-bond donors (Lipinski definition) is 0. The zero-order valence-corrected chi connectivity index (χ0v) is 28.3. The molecule has 2 fully saturated rings. The van der Waals surface area contributed by atoms with Gasteiger partial charge in [-0.05, 0) is 63.2 Å². The Morgan fingerprint density at radius 1 is 1.17 bits per heavy atom. The molecule has 1 saturated heterocycles. The van der Waals surface area contributed by atoms with Crippen molar-refractivity contribution in [2.75, 3.05) is 56.2 Å². The van der Waals surface area contributed by atoms with Crippen molar-refractivity contribution >= 4 is 28.2 Å². The number of hydrogen-bond acceptors (Lipinski definition) is 7. The first kappa shape index (κ1) is 33.6. The van der Waals surface area contributed by atoms with E-state index in [0.29, 0.717) is 32.8 Å². The number of piperazine rings is 1. The number of halogens is 2. The molecule has 11 heteroatoms. The molecule has 3 aliphatic rings. The van der Waals surface area contributed by atoms with E-state index in [0.717, 1.165) is 30.0 Å². The Balaban J connectivity index is 1.29. The second kappa shape index (κ2) is 13.7. The second-order valence-corrected chi connectivity index (χ2v) is 13.6. The van der Waals surface area contributed by atoms with Gasteiger partial charge in [0.15, 0.2) is 0 Å². The van der Waals surface area contributed by atoms with Crippen LogP contribution in [0, 0.1) is 19.4 Å². The third-order valence-corrected chi connectivity index (χ3v) is 10.6. The number of ether oxygens (including phenoxy) is 1. The zero-order chi connectivity index (χ0) is 34.2. The van der Waals surface area contributed by atoms with Gasteiger partial charge in [-0.25, -0.2) is 15.4 Å². The fraction of sp³-hybridized carbons (Fsp3) is 0.514. The highest BCUT2D eigenvalue weighted by Gasteiger charge is 2.48. The number of benzene rings is 2. The van der Waals surface area contributed by atoms with E-state index < -0.39 is 5.92 Å². The molecule has 0 unspecified atom stereocenters. The van der Waals surface area contributed by atoms with E-state index in [4.69, 9.17) is 21.3 Å². The summed E-state index contributed by atoms with van der Waals surface area (Å²) in [6, 6.07) is 12.7. The fourth-order valence-electron chi connectivity index (χ4n) is 7.50. The molecule has 48 heavy (non-hydrogen) atoms. The van der Waals surface area contributed by atoms with Gasteiger partial charge in [-0.3, -0.25) is 9.69 Å². The van der Waals surface area contributed by atoms with Crippen molar-refractivity contribution in [3.05, 3.63) is 77.3 Å². The summed E-state index contributed by atoms with van der Waals surface area (Å²) in [6.07, 6.45) is 1.89.